The minimum atomic E-state index is 0.791. The van der Waals surface area contributed by atoms with Gasteiger partial charge in [-0.3, -0.25) is 4.90 Å². The fourth-order valence-corrected chi connectivity index (χ4v) is 4.33. The largest absolute Gasteiger partial charge is 0.314 e. The molecular formula is C16H22BrClN2. The molecule has 0 saturated carbocycles. The molecule has 2 nitrogen and oxygen atoms in total. The van der Waals surface area contributed by atoms with Crippen LogP contribution in [0, 0.1) is 5.92 Å². The van der Waals surface area contributed by atoms with Crippen molar-refractivity contribution < 1.29 is 0 Å². The third-order valence-electron chi connectivity index (χ3n) is 4.71. The maximum absolute atomic E-state index is 6.00. The Bertz CT molecular complexity index is 452. The Balaban J connectivity index is 1.53. The summed E-state index contributed by atoms with van der Waals surface area (Å²) in [5.74, 6) is 0.891. The van der Waals surface area contributed by atoms with E-state index in [-0.39, 0.29) is 0 Å². The van der Waals surface area contributed by atoms with Gasteiger partial charge in [-0.25, -0.2) is 0 Å². The van der Waals surface area contributed by atoms with Gasteiger partial charge in [0, 0.05) is 22.1 Å². The smallest absolute Gasteiger partial charge is 0.0417 e. The zero-order valence-electron chi connectivity index (χ0n) is 11.7. The summed E-state index contributed by atoms with van der Waals surface area (Å²) in [5, 5.41) is 4.46. The molecule has 0 aromatic heterocycles. The Kier molecular flexibility index (Phi) is 5.03. The number of halogens is 2. The summed E-state index contributed by atoms with van der Waals surface area (Å²) in [5.41, 5.74) is 1.34. The molecule has 0 spiro atoms. The Morgan fingerprint density at radius 3 is 2.70 bits per heavy atom. The summed E-state index contributed by atoms with van der Waals surface area (Å²) in [7, 11) is 0. The zero-order valence-corrected chi connectivity index (χ0v) is 14.1. The highest BCUT2D eigenvalue weighted by Gasteiger charge is 2.28. The first-order valence-electron chi connectivity index (χ1n) is 7.62. The Morgan fingerprint density at radius 2 is 2.05 bits per heavy atom. The van der Waals surface area contributed by atoms with Crippen LogP contribution in [0.2, 0.25) is 5.02 Å². The number of benzene rings is 1. The fourth-order valence-electron chi connectivity index (χ4n) is 3.52. The number of piperidine rings is 1. The molecular weight excluding hydrogens is 336 g/mol. The van der Waals surface area contributed by atoms with Gasteiger partial charge in [-0.05, 0) is 68.9 Å². The molecule has 4 heteroatoms. The molecule has 2 heterocycles. The molecule has 1 N–H and O–H groups in total. The van der Waals surface area contributed by atoms with Crippen LogP contribution < -0.4 is 5.32 Å². The van der Waals surface area contributed by atoms with Crippen LogP contribution in [0.15, 0.2) is 22.7 Å². The van der Waals surface area contributed by atoms with Crippen molar-refractivity contribution in [3.05, 3.63) is 33.3 Å². The molecule has 0 amide bonds. The van der Waals surface area contributed by atoms with Crippen molar-refractivity contribution in [1.82, 2.24) is 10.2 Å². The van der Waals surface area contributed by atoms with E-state index in [2.05, 4.69) is 32.2 Å². The summed E-state index contributed by atoms with van der Waals surface area (Å²) in [6.07, 6.45) is 5.42. The molecule has 2 aliphatic rings. The number of nitrogens with one attached hydrogen (secondary N) is 1. The molecule has 2 aliphatic heterocycles. The highest BCUT2D eigenvalue weighted by atomic mass is 79.9. The van der Waals surface area contributed by atoms with E-state index in [0.717, 1.165) is 28.0 Å². The van der Waals surface area contributed by atoms with Crippen molar-refractivity contribution in [1.29, 1.82) is 0 Å². The predicted molar refractivity (Wildman–Crippen MR) is 88.2 cm³/mol. The number of hydrogen-bond acceptors (Lipinski definition) is 2. The van der Waals surface area contributed by atoms with E-state index in [1.54, 1.807) is 0 Å². The average molecular weight is 358 g/mol. The predicted octanol–water partition coefficient (Wildman–Crippen LogP) is 4.07. The molecule has 0 radical (unpaired) electrons. The molecule has 1 unspecified atom stereocenters. The average Bonchev–Trinajstić information content (AvgIpc) is 2.97. The van der Waals surface area contributed by atoms with Gasteiger partial charge < -0.3 is 5.32 Å². The molecule has 20 heavy (non-hydrogen) atoms. The van der Waals surface area contributed by atoms with E-state index in [9.17, 15) is 0 Å². The molecule has 3 rings (SSSR count). The SMILES string of the molecule is Clc1ccc(CN2CCC(C3CCCN3)CC2)c(Br)c1. The van der Waals surface area contributed by atoms with E-state index in [1.165, 1.54) is 50.9 Å². The van der Waals surface area contributed by atoms with Gasteiger partial charge >= 0.3 is 0 Å². The molecule has 110 valence electrons. The minimum Gasteiger partial charge on any atom is -0.314 e. The van der Waals surface area contributed by atoms with Gasteiger partial charge in [0.25, 0.3) is 0 Å². The third-order valence-corrected chi connectivity index (χ3v) is 5.68. The summed E-state index contributed by atoms with van der Waals surface area (Å²) in [6, 6.07) is 6.90. The molecule has 0 aliphatic carbocycles. The van der Waals surface area contributed by atoms with E-state index in [4.69, 9.17) is 11.6 Å². The molecule has 1 atom stereocenters. The lowest BCUT2D eigenvalue weighted by molar-refractivity contribution is 0.157. The second-order valence-electron chi connectivity index (χ2n) is 6.05. The van der Waals surface area contributed by atoms with Crippen LogP contribution >= 0.6 is 27.5 Å². The Morgan fingerprint density at radius 1 is 1.25 bits per heavy atom. The van der Waals surface area contributed by atoms with Crippen molar-refractivity contribution in [2.45, 2.75) is 38.3 Å². The summed E-state index contributed by atoms with van der Waals surface area (Å²) < 4.78 is 1.13. The normalized spacial score (nSPS) is 25.2. The lowest BCUT2D eigenvalue weighted by atomic mass is 9.88. The Hall–Kier alpha value is -0.0900. The lowest BCUT2D eigenvalue weighted by Crippen LogP contribution is -2.40. The maximum atomic E-state index is 6.00. The highest BCUT2D eigenvalue weighted by molar-refractivity contribution is 9.10. The second-order valence-corrected chi connectivity index (χ2v) is 7.34. The van der Waals surface area contributed by atoms with Crippen molar-refractivity contribution in [3.63, 3.8) is 0 Å². The van der Waals surface area contributed by atoms with E-state index < -0.39 is 0 Å². The fraction of sp³-hybridized carbons (Fsp3) is 0.625. The number of rotatable bonds is 3. The van der Waals surface area contributed by atoms with Gasteiger partial charge in [-0.1, -0.05) is 33.6 Å². The molecule has 2 saturated heterocycles. The van der Waals surface area contributed by atoms with Crippen LogP contribution in [0.25, 0.3) is 0 Å². The summed E-state index contributed by atoms with van der Waals surface area (Å²) >= 11 is 9.62. The van der Waals surface area contributed by atoms with Crippen LogP contribution in [-0.2, 0) is 6.54 Å². The van der Waals surface area contributed by atoms with Crippen molar-refractivity contribution >= 4 is 27.5 Å². The van der Waals surface area contributed by atoms with Gasteiger partial charge in [0.15, 0.2) is 0 Å². The summed E-state index contributed by atoms with van der Waals surface area (Å²) in [4.78, 5) is 2.57. The molecule has 1 aromatic carbocycles. The van der Waals surface area contributed by atoms with Gasteiger partial charge in [0.05, 0.1) is 0 Å². The molecule has 0 bridgehead atoms. The second kappa shape index (κ2) is 6.78. The maximum Gasteiger partial charge on any atom is 0.0417 e. The van der Waals surface area contributed by atoms with E-state index in [1.807, 2.05) is 12.1 Å². The van der Waals surface area contributed by atoms with E-state index >= 15 is 0 Å². The van der Waals surface area contributed by atoms with Crippen molar-refractivity contribution in [2.75, 3.05) is 19.6 Å². The Labute approximate surface area is 135 Å². The third kappa shape index (κ3) is 3.56. The molecule has 1 aromatic rings. The quantitative estimate of drug-likeness (QED) is 0.877. The van der Waals surface area contributed by atoms with Crippen LogP contribution in [-0.4, -0.2) is 30.6 Å². The first-order chi connectivity index (χ1) is 9.72. The first kappa shape index (κ1) is 14.8. The van der Waals surface area contributed by atoms with Crippen LogP contribution in [0.4, 0.5) is 0 Å². The zero-order chi connectivity index (χ0) is 13.9. The van der Waals surface area contributed by atoms with Gasteiger partial charge in [0.1, 0.15) is 0 Å². The van der Waals surface area contributed by atoms with Crippen LogP contribution in [0.1, 0.15) is 31.2 Å². The van der Waals surface area contributed by atoms with Gasteiger partial charge in [-0.2, -0.15) is 0 Å². The lowest BCUT2D eigenvalue weighted by Gasteiger charge is -2.35. The van der Waals surface area contributed by atoms with Crippen LogP contribution in [0.5, 0.6) is 0 Å². The number of likely N-dealkylation sites (tertiary alicyclic amines) is 1. The minimum absolute atomic E-state index is 0.791. The van der Waals surface area contributed by atoms with Gasteiger partial charge in [0.2, 0.25) is 0 Å². The standard InChI is InChI=1S/C16H22BrClN2/c17-15-10-14(18)4-3-13(15)11-20-8-5-12(6-9-20)16-2-1-7-19-16/h3-4,10,12,16,19H,1-2,5-9,11H2. The number of nitrogens with zero attached hydrogens (tertiary/aromatic N) is 1. The monoisotopic (exact) mass is 356 g/mol. The topological polar surface area (TPSA) is 15.3 Å². The van der Waals surface area contributed by atoms with Crippen molar-refractivity contribution in [3.8, 4) is 0 Å². The number of hydrogen-bond donors (Lipinski definition) is 1. The van der Waals surface area contributed by atoms with Gasteiger partial charge in [-0.15, -0.1) is 0 Å². The van der Waals surface area contributed by atoms with Crippen LogP contribution in [0.3, 0.4) is 0 Å². The van der Waals surface area contributed by atoms with Crippen molar-refractivity contribution in [2.24, 2.45) is 5.92 Å². The molecule has 2 fully saturated rings. The highest BCUT2D eigenvalue weighted by Crippen LogP contribution is 2.28. The summed E-state index contributed by atoms with van der Waals surface area (Å²) in [6.45, 7) is 4.70. The first-order valence-corrected chi connectivity index (χ1v) is 8.79. The van der Waals surface area contributed by atoms with E-state index in [0.29, 0.717) is 0 Å².